The van der Waals surface area contributed by atoms with E-state index < -0.39 is 0 Å². The summed E-state index contributed by atoms with van der Waals surface area (Å²) in [5, 5.41) is 12.1. The summed E-state index contributed by atoms with van der Waals surface area (Å²) in [7, 11) is 4.01. The number of fused-ring (bicyclic) bond motifs is 1. The van der Waals surface area contributed by atoms with Crippen molar-refractivity contribution in [3.8, 4) is 11.4 Å². The lowest BCUT2D eigenvalue weighted by atomic mass is 10.2. The molecule has 0 fully saturated rings. The van der Waals surface area contributed by atoms with Crippen molar-refractivity contribution < 1.29 is 9.32 Å². The molecule has 0 bridgehead atoms. The smallest absolute Gasteiger partial charge is 0.274 e. The SMILES string of the molecule is CCc1cc(C(=O)Nc2ccc(-n3ccnc3CN(C)C)cc2)n(-c2ccc3onc(N)c3c2)n1. The average Bonchev–Trinajstić information content (AvgIpc) is 3.58. The van der Waals surface area contributed by atoms with E-state index in [1.165, 1.54) is 0 Å². The first kappa shape index (κ1) is 22.4. The number of carbonyl (C=O) groups excluding carboxylic acids is 1. The summed E-state index contributed by atoms with van der Waals surface area (Å²) < 4.78 is 8.84. The Kier molecular flexibility index (Phi) is 5.79. The van der Waals surface area contributed by atoms with Crippen molar-refractivity contribution in [1.29, 1.82) is 0 Å². The molecule has 0 aliphatic heterocycles. The van der Waals surface area contributed by atoms with Crippen molar-refractivity contribution in [2.45, 2.75) is 19.9 Å². The van der Waals surface area contributed by atoms with Gasteiger partial charge in [-0.25, -0.2) is 9.67 Å². The number of rotatable bonds is 7. The Morgan fingerprint density at radius 2 is 1.89 bits per heavy atom. The number of amides is 1. The molecule has 35 heavy (non-hydrogen) atoms. The lowest BCUT2D eigenvalue weighted by molar-refractivity contribution is 0.101. The molecule has 0 radical (unpaired) electrons. The topological polar surface area (TPSA) is 120 Å². The van der Waals surface area contributed by atoms with Crippen LogP contribution < -0.4 is 11.1 Å². The summed E-state index contributed by atoms with van der Waals surface area (Å²) in [5.41, 5.74) is 10.1. The summed E-state index contributed by atoms with van der Waals surface area (Å²) in [6.45, 7) is 2.72. The van der Waals surface area contributed by atoms with E-state index in [-0.39, 0.29) is 5.91 Å². The quantitative estimate of drug-likeness (QED) is 0.372. The number of benzene rings is 2. The van der Waals surface area contributed by atoms with E-state index in [4.69, 9.17) is 10.3 Å². The molecule has 0 unspecified atom stereocenters. The molecule has 0 aliphatic carbocycles. The van der Waals surface area contributed by atoms with Crippen LogP contribution in [0, 0.1) is 0 Å². The Balaban J connectivity index is 1.41. The van der Waals surface area contributed by atoms with E-state index in [9.17, 15) is 4.79 Å². The average molecular weight is 471 g/mol. The fourth-order valence-corrected chi connectivity index (χ4v) is 3.91. The maximum absolute atomic E-state index is 13.3. The van der Waals surface area contributed by atoms with Gasteiger partial charge in [0, 0.05) is 23.8 Å². The zero-order valence-corrected chi connectivity index (χ0v) is 19.8. The number of aromatic nitrogens is 5. The number of nitrogen functional groups attached to an aromatic ring is 1. The molecule has 1 amide bonds. The summed E-state index contributed by atoms with van der Waals surface area (Å²) in [4.78, 5) is 19.8. The van der Waals surface area contributed by atoms with Crippen molar-refractivity contribution in [2.75, 3.05) is 25.1 Å². The molecule has 5 aromatic rings. The molecule has 0 spiro atoms. The number of anilines is 2. The third-order valence-electron chi connectivity index (χ3n) is 5.66. The first-order valence-electron chi connectivity index (χ1n) is 11.3. The van der Waals surface area contributed by atoms with Gasteiger partial charge in [-0.3, -0.25) is 4.79 Å². The van der Waals surface area contributed by atoms with Crippen LogP contribution in [-0.4, -0.2) is 49.4 Å². The van der Waals surface area contributed by atoms with E-state index in [1.54, 1.807) is 23.0 Å². The van der Waals surface area contributed by atoms with Crippen molar-refractivity contribution >= 4 is 28.4 Å². The van der Waals surface area contributed by atoms with Gasteiger partial charge in [-0.2, -0.15) is 5.10 Å². The highest BCUT2D eigenvalue weighted by Gasteiger charge is 2.18. The van der Waals surface area contributed by atoms with Crippen molar-refractivity contribution in [1.82, 2.24) is 29.4 Å². The van der Waals surface area contributed by atoms with E-state index in [1.807, 2.05) is 68.2 Å². The Morgan fingerprint density at radius 3 is 2.63 bits per heavy atom. The number of hydrogen-bond acceptors (Lipinski definition) is 7. The summed E-state index contributed by atoms with van der Waals surface area (Å²) >= 11 is 0. The predicted octanol–water partition coefficient (Wildman–Crippen LogP) is 3.66. The minimum atomic E-state index is -0.265. The van der Waals surface area contributed by atoms with Crippen LogP contribution >= 0.6 is 0 Å². The Bertz CT molecular complexity index is 1490. The minimum Gasteiger partial charge on any atom is -0.380 e. The highest BCUT2D eigenvalue weighted by Crippen LogP contribution is 2.25. The standard InChI is InChI=1S/C25H26N8O2/c1-4-16-13-21(33(29-16)19-9-10-22-20(14-19)24(26)30-35-22)25(34)28-17-5-7-18(8-6-17)32-12-11-27-23(32)15-31(2)3/h5-14H,4,15H2,1-3H3,(H2,26,30)(H,28,34). The molecule has 3 heterocycles. The van der Waals surface area contributed by atoms with E-state index >= 15 is 0 Å². The number of aryl methyl sites for hydroxylation is 1. The van der Waals surface area contributed by atoms with Gasteiger partial charge in [0.1, 0.15) is 11.5 Å². The number of imidazole rings is 1. The molecule has 10 heteroatoms. The van der Waals surface area contributed by atoms with Crippen molar-refractivity contribution in [3.63, 3.8) is 0 Å². The van der Waals surface area contributed by atoms with Gasteiger partial charge in [-0.15, -0.1) is 0 Å². The molecule has 10 nitrogen and oxygen atoms in total. The Hall–Kier alpha value is -4.44. The normalized spacial score (nSPS) is 11.4. The number of nitrogens with one attached hydrogen (secondary N) is 1. The predicted molar refractivity (Wildman–Crippen MR) is 134 cm³/mol. The second-order valence-electron chi connectivity index (χ2n) is 8.49. The van der Waals surface area contributed by atoms with Gasteiger partial charge >= 0.3 is 0 Å². The highest BCUT2D eigenvalue weighted by atomic mass is 16.5. The lowest BCUT2D eigenvalue weighted by Gasteiger charge is -2.13. The number of nitrogens with zero attached hydrogens (tertiary/aromatic N) is 6. The van der Waals surface area contributed by atoms with Crippen molar-refractivity contribution in [3.05, 3.63) is 78.1 Å². The zero-order valence-electron chi connectivity index (χ0n) is 19.8. The molecular weight excluding hydrogens is 444 g/mol. The van der Waals surface area contributed by atoms with Crippen LogP contribution in [0.1, 0.15) is 28.9 Å². The monoisotopic (exact) mass is 470 g/mol. The van der Waals surface area contributed by atoms with Gasteiger partial charge in [-0.05, 0) is 69.0 Å². The lowest BCUT2D eigenvalue weighted by Crippen LogP contribution is -2.17. The van der Waals surface area contributed by atoms with Crippen LogP contribution in [0.25, 0.3) is 22.3 Å². The van der Waals surface area contributed by atoms with Gasteiger partial charge in [0.25, 0.3) is 5.91 Å². The van der Waals surface area contributed by atoms with Crippen LogP contribution in [0.15, 0.2) is 65.4 Å². The largest absolute Gasteiger partial charge is 0.380 e. The summed E-state index contributed by atoms with van der Waals surface area (Å²) in [5.74, 6) is 0.968. The molecule has 2 aromatic carbocycles. The van der Waals surface area contributed by atoms with Gasteiger partial charge in [0.15, 0.2) is 11.4 Å². The molecule has 3 N–H and O–H groups in total. The maximum Gasteiger partial charge on any atom is 0.274 e. The number of nitrogens with two attached hydrogens (primary N) is 1. The van der Waals surface area contributed by atoms with Gasteiger partial charge in [0.05, 0.1) is 23.3 Å². The van der Waals surface area contributed by atoms with Gasteiger partial charge in [0.2, 0.25) is 0 Å². The molecule has 0 aliphatic rings. The highest BCUT2D eigenvalue weighted by molar-refractivity contribution is 6.03. The van der Waals surface area contributed by atoms with E-state index in [0.717, 1.165) is 23.8 Å². The zero-order chi connectivity index (χ0) is 24.5. The molecular formula is C25H26N8O2. The van der Waals surface area contributed by atoms with Crippen molar-refractivity contribution in [2.24, 2.45) is 0 Å². The van der Waals surface area contributed by atoms with Crippen LogP contribution in [-0.2, 0) is 13.0 Å². The van der Waals surface area contributed by atoms with Crippen LogP contribution in [0.2, 0.25) is 0 Å². The molecule has 178 valence electrons. The van der Waals surface area contributed by atoms with E-state index in [0.29, 0.717) is 40.3 Å². The molecule has 5 rings (SSSR count). The maximum atomic E-state index is 13.3. The fraction of sp³-hybridized carbons (Fsp3) is 0.200. The van der Waals surface area contributed by atoms with Gasteiger partial charge < -0.3 is 25.0 Å². The third-order valence-corrected chi connectivity index (χ3v) is 5.66. The van der Waals surface area contributed by atoms with Crippen LogP contribution in [0.5, 0.6) is 0 Å². The second-order valence-corrected chi connectivity index (χ2v) is 8.49. The van der Waals surface area contributed by atoms with Gasteiger partial charge in [-0.1, -0.05) is 12.1 Å². The van der Waals surface area contributed by atoms with Crippen LogP contribution in [0.3, 0.4) is 0 Å². The molecule has 0 atom stereocenters. The van der Waals surface area contributed by atoms with Crippen LogP contribution in [0.4, 0.5) is 11.5 Å². The fourth-order valence-electron chi connectivity index (χ4n) is 3.91. The first-order chi connectivity index (χ1) is 16.9. The molecule has 3 aromatic heterocycles. The number of hydrogen-bond donors (Lipinski definition) is 2. The Morgan fingerprint density at radius 1 is 1.11 bits per heavy atom. The summed E-state index contributed by atoms with van der Waals surface area (Å²) in [6, 6.07) is 14.8. The number of carbonyl (C=O) groups is 1. The minimum absolute atomic E-state index is 0.265. The second kappa shape index (κ2) is 9.07. The molecule has 0 saturated carbocycles. The molecule has 0 saturated heterocycles. The summed E-state index contributed by atoms with van der Waals surface area (Å²) in [6.07, 6.45) is 4.40. The first-order valence-corrected chi connectivity index (χ1v) is 11.3. The van der Waals surface area contributed by atoms with E-state index in [2.05, 4.69) is 25.5 Å². The third kappa shape index (κ3) is 4.38. The Labute approximate surface area is 201 Å².